The second-order valence-corrected chi connectivity index (χ2v) is 5.85. The zero-order valence-corrected chi connectivity index (χ0v) is 13.9. The Balaban J connectivity index is 1.97. The summed E-state index contributed by atoms with van der Waals surface area (Å²) in [4.78, 5) is 11.7. The van der Waals surface area contributed by atoms with E-state index in [2.05, 4.69) is 33.1 Å². The number of halogens is 4. The first-order chi connectivity index (χ1) is 10.9. The zero-order valence-electron chi connectivity index (χ0n) is 11.8. The standard InChI is InChI=1S/C16H12F3IN2O/c17-16(18,19)13-6-3-4-11(8-13)9-15(23)22-21-10-12-5-1-2-7-14(12)20/h1-8,10H,9H2,(H,22,23)/b21-10+. The maximum atomic E-state index is 12.6. The minimum atomic E-state index is -4.42. The van der Waals surface area contributed by atoms with Gasteiger partial charge in [-0.15, -0.1) is 0 Å². The summed E-state index contributed by atoms with van der Waals surface area (Å²) >= 11 is 2.14. The number of nitrogens with one attached hydrogen (secondary N) is 1. The van der Waals surface area contributed by atoms with Gasteiger partial charge in [0.2, 0.25) is 5.91 Å². The predicted molar refractivity (Wildman–Crippen MR) is 90.0 cm³/mol. The Morgan fingerprint density at radius 3 is 2.61 bits per heavy atom. The molecule has 2 aromatic rings. The van der Waals surface area contributed by atoms with Gasteiger partial charge in [0.05, 0.1) is 18.2 Å². The van der Waals surface area contributed by atoms with E-state index in [0.717, 1.165) is 21.3 Å². The number of carbonyl (C=O) groups is 1. The lowest BCUT2D eigenvalue weighted by molar-refractivity contribution is -0.137. The van der Waals surface area contributed by atoms with E-state index in [1.54, 1.807) is 0 Å². The normalized spacial score (nSPS) is 11.7. The van der Waals surface area contributed by atoms with Crippen molar-refractivity contribution < 1.29 is 18.0 Å². The molecule has 0 radical (unpaired) electrons. The lowest BCUT2D eigenvalue weighted by Gasteiger charge is -2.08. The van der Waals surface area contributed by atoms with E-state index in [1.165, 1.54) is 18.3 Å². The number of nitrogens with zero attached hydrogens (tertiary/aromatic N) is 1. The minimum absolute atomic E-state index is 0.173. The van der Waals surface area contributed by atoms with Gasteiger partial charge in [-0.1, -0.05) is 36.4 Å². The van der Waals surface area contributed by atoms with Crippen molar-refractivity contribution in [1.29, 1.82) is 0 Å². The molecule has 0 unspecified atom stereocenters. The van der Waals surface area contributed by atoms with E-state index in [0.29, 0.717) is 0 Å². The molecule has 0 saturated carbocycles. The number of hydrazone groups is 1. The van der Waals surface area contributed by atoms with Crippen LogP contribution in [-0.2, 0) is 17.4 Å². The summed E-state index contributed by atoms with van der Waals surface area (Å²) in [5.41, 5.74) is 2.66. The highest BCUT2D eigenvalue weighted by atomic mass is 127. The SMILES string of the molecule is O=C(Cc1cccc(C(F)(F)F)c1)N/N=C/c1ccccc1I. The van der Waals surface area contributed by atoms with Crippen LogP contribution in [0.5, 0.6) is 0 Å². The number of hydrogen-bond acceptors (Lipinski definition) is 2. The molecule has 3 nitrogen and oxygen atoms in total. The van der Waals surface area contributed by atoms with Crippen LogP contribution in [0.4, 0.5) is 13.2 Å². The molecule has 7 heteroatoms. The van der Waals surface area contributed by atoms with Crippen LogP contribution in [0.3, 0.4) is 0 Å². The molecule has 0 bridgehead atoms. The van der Waals surface area contributed by atoms with Crippen molar-refractivity contribution >= 4 is 34.7 Å². The number of rotatable bonds is 4. The van der Waals surface area contributed by atoms with Gasteiger partial charge in [0, 0.05) is 9.13 Å². The molecule has 120 valence electrons. The third-order valence-corrected chi connectivity index (χ3v) is 3.90. The predicted octanol–water partition coefficient (Wildman–Crippen LogP) is 4.00. The van der Waals surface area contributed by atoms with Gasteiger partial charge in [-0.3, -0.25) is 4.79 Å². The molecular weight excluding hydrogens is 420 g/mol. The number of hydrogen-bond donors (Lipinski definition) is 1. The minimum Gasteiger partial charge on any atom is -0.273 e. The second kappa shape index (κ2) is 7.58. The molecule has 0 aromatic heterocycles. The fourth-order valence-corrected chi connectivity index (χ4v) is 2.36. The Labute approximate surface area is 144 Å². The molecule has 0 heterocycles. The van der Waals surface area contributed by atoms with Crippen molar-refractivity contribution in [1.82, 2.24) is 5.43 Å². The Bertz CT molecular complexity index is 729. The van der Waals surface area contributed by atoms with E-state index >= 15 is 0 Å². The Kier molecular flexibility index (Phi) is 5.75. The monoisotopic (exact) mass is 432 g/mol. The smallest absolute Gasteiger partial charge is 0.273 e. The van der Waals surface area contributed by atoms with Gasteiger partial charge in [-0.05, 0) is 40.3 Å². The van der Waals surface area contributed by atoms with Crippen LogP contribution in [0, 0.1) is 3.57 Å². The van der Waals surface area contributed by atoms with Gasteiger partial charge in [-0.2, -0.15) is 18.3 Å². The van der Waals surface area contributed by atoms with Crippen LogP contribution in [-0.4, -0.2) is 12.1 Å². The quantitative estimate of drug-likeness (QED) is 0.443. The molecule has 0 aliphatic heterocycles. The molecule has 0 atom stereocenters. The first-order valence-corrected chi connectivity index (χ1v) is 7.67. The van der Waals surface area contributed by atoms with E-state index in [9.17, 15) is 18.0 Å². The van der Waals surface area contributed by atoms with Gasteiger partial charge in [0.15, 0.2) is 0 Å². The van der Waals surface area contributed by atoms with Crippen LogP contribution in [0.15, 0.2) is 53.6 Å². The summed E-state index contributed by atoms with van der Waals surface area (Å²) in [7, 11) is 0. The van der Waals surface area contributed by atoms with Gasteiger partial charge >= 0.3 is 6.18 Å². The number of amides is 1. The average Bonchev–Trinajstić information content (AvgIpc) is 2.48. The molecule has 0 spiro atoms. The third-order valence-electron chi connectivity index (χ3n) is 2.92. The van der Waals surface area contributed by atoms with Crippen molar-refractivity contribution in [2.24, 2.45) is 5.10 Å². The number of benzene rings is 2. The number of alkyl halides is 3. The largest absolute Gasteiger partial charge is 0.416 e. The first kappa shape index (κ1) is 17.5. The highest BCUT2D eigenvalue weighted by molar-refractivity contribution is 14.1. The second-order valence-electron chi connectivity index (χ2n) is 4.69. The van der Waals surface area contributed by atoms with E-state index in [4.69, 9.17) is 0 Å². The van der Waals surface area contributed by atoms with E-state index in [-0.39, 0.29) is 12.0 Å². The molecule has 2 aromatic carbocycles. The number of carbonyl (C=O) groups excluding carboxylic acids is 1. The lowest BCUT2D eigenvalue weighted by atomic mass is 10.1. The van der Waals surface area contributed by atoms with Gasteiger partial charge in [0.1, 0.15) is 0 Å². The fraction of sp³-hybridized carbons (Fsp3) is 0.125. The Hall–Kier alpha value is -1.90. The third kappa shape index (κ3) is 5.34. The van der Waals surface area contributed by atoms with Crippen LogP contribution >= 0.6 is 22.6 Å². The van der Waals surface area contributed by atoms with Crippen molar-refractivity contribution in [3.05, 3.63) is 68.8 Å². The molecule has 0 aliphatic rings. The molecule has 1 amide bonds. The topological polar surface area (TPSA) is 41.5 Å². The van der Waals surface area contributed by atoms with Crippen LogP contribution in [0.1, 0.15) is 16.7 Å². The summed E-state index contributed by atoms with van der Waals surface area (Å²) < 4.78 is 38.8. The van der Waals surface area contributed by atoms with E-state index < -0.39 is 17.6 Å². The van der Waals surface area contributed by atoms with Gasteiger partial charge in [-0.25, -0.2) is 5.43 Å². The van der Waals surface area contributed by atoms with Crippen molar-refractivity contribution in [2.75, 3.05) is 0 Å². The van der Waals surface area contributed by atoms with Crippen LogP contribution in [0.2, 0.25) is 0 Å². The van der Waals surface area contributed by atoms with Crippen LogP contribution < -0.4 is 5.43 Å². The molecule has 1 N–H and O–H groups in total. The Morgan fingerprint density at radius 1 is 1.17 bits per heavy atom. The van der Waals surface area contributed by atoms with Crippen molar-refractivity contribution in [3.63, 3.8) is 0 Å². The average molecular weight is 432 g/mol. The first-order valence-electron chi connectivity index (χ1n) is 6.59. The highest BCUT2D eigenvalue weighted by Gasteiger charge is 2.30. The summed E-state index contributed by atoms with van der Waals surface area (Å²) in [6, 6.07) is 12.1. The van der Waals surface area contributed by atoms with Crippen molar-refractivity contribution in [3.8, 4) is 0 Å². The maximum absolute atomic E-state index is 12.6. The summed E-state index contributed by atoms with van der Waals surface area (Å²) in [5.74, 6) is -0.480. The summed E-state index contributed by atoms with van der Waals surface area (Å²) in [5, 5.41) is 3.82. The molecule has 2 rings (SSSR count). The highest BCUT2D eigenvalue weighted by Crippen LogP contribution is 2.29. The summed E-state index contributed by atoms with van der Waals surface area (Å²) in [6.07, 6.45) is -3.10. The van der Waals surface area contributed by atoms with E-state index in [1.807, 2.05) is 24.3 Å². The van der Waals surface area contributed by atoms with Gasteiger partial charge < -0.3 is 0 Å². The maximum Gasteiger partial charge on any atom is 0.416 e. The lowest BCUT2D eigenvalue weighted by Crippen LogP contribution is -2.20. The molecule has 0 fully saturated rings. The molecular formula is C16H12F3IN2O. The molecule has 0 saturated heterocycles. The van der Waals surface area contributed by atoms with Crippen LogP contribution in [0.25, 0.3) is 0 Å². The fourth-order valence-electron chi connectivity index (χ4n) is 1.84. The zero-order chi connectivity index (χ0) is 16.9. The van der Waals surface area contributed by atoms with Gasteiger partial charge in [0.25, 0.3) is 0 Å². The summed E-state index contributed by atoms with van der Waals surface area (Å²) in [6.45, 7) is 0. The molecule has 0 aliphatic carbocycles. The molecule has 23 heavy (non-hydrogen) atoms. The Morgan fingerprint density at radius 2 is 1.91 bits per heavy atom. The van der Waals surface area contributed by atoms with Crippen molar-refractivity contribution in [2.45, 2.75) is 12.6 Å².